The standard InChI is InChI=1S/C21H27N3O2/c1-17-7-10-20(26-17)15-24(19-8-9-19)21(25)16-22-11-13-23(14-12-22)18-5-3-2-4-6-18/h2-7,10,19H,8-9,11-16H2,1H3. The van der Waals surface area contributed by atoms with Crippen molar-refractivity contribution in [1.82, 2.24) is 9.80 Å². The Morgan fingerprint density at radius 1 is 1.08 bits per heavy atom. The van der Waals surface area contributed by atoms with E-state index in [1.54, 1.807) is 0 Å². The molecule has 2 fully saturated rings. The topological polar surface area (TPSA) is 39.9 Å². The first-order chi connectivity index (χ1) is 12.7. The molecule has 5 heteroatoms. The van der Waals surface area contributed by atoms with Gasteiger partial charge in [0, 0.05) is 37.9 Å². The van der Waals surface area contributed by atoms with Crippen molar-refractivity contribution in [2.24, 2.45) is 0 Å². The van der Waals surface area contributed by atoms with Gasteiger partial charge in [-0.05, 0) is 44.0 Å². The summed E-state index contributed by atoms with van der Waals surface area (Å²) >= 11 is 0. The van der Waals surface area contributed by atoms with Gasteiger partial charge in [-0.2, -0.15) is 0 Å². The number of benzene rings is 1. The highest BCUT2D eigenvalue weighted by Gasteiger charge is 2.34. The van der Waals surface area contributed by atoms with Crippen LogP contribution in [0.3, 0.4) is 0 Å². The van der Waals surface area contributed by atoms with Crippen molar-refractivity contribution in [3.63, 3.8) is 0 Å². The van der Waals surface area contributed by atoms with Crippen LogP contribution < -0.4 is 4.90 Å². The molecule has 138 valence electrons. The first-order valence-corrected chi connectivity index (χ1v) is 9.56. The minimum absolute atomic E-state index is 0.231. The lowest BCUT2D eigenvalue weighted by molar-refractivity contribution is -0.134. The van der Waals surface area contributed by atoms with Crippen molar-refractivity contribution in [2.45, 2.75) is 32.4 Å². The summed E-state index contributed by atoms with van der Waals surface area (Å²) in [5.41, 5.74) is 1.27. The zero-order valence-electron chi connectivity index (χ0n) is 15.4. The molecule has 1 saturated heterocycles. The van der Waals surface area contributed by atoms with Gasteiger partial charge in [-0.25, -0.2) is 0 Å². The number of anilines is 1. The Kier molecular flexibility index (Phi) is 4.98. The van der Waals surface area contributed by atoms with Crippen LogP contribution in [0, 0.1) is 6.92 Å². The van der Waals surface area contributed by atoms with Gasteiger partial charge in [0.05, 0.1) is 13.1 Å². The number of hydrogen-bond donors (Lipinski definition) is 0. The van der Waals surface area contributed by atoms with E-state index >= 15 is 0 Å². The predicted octanol–water partition coefficient (Wildman–Crippen LogP) is 2.90. The Hall–Kier alpha value is -2.27. The van der Waals surface area contributed by atoms with Gasteiger partial charge in [-0.1, -0.05) is 18.2 Å². The number of carbonyl (C=O) groups excluding carboxylic acids is 1. The smallest absolute Gasteiger partial charge is 0.237 e. The highest BCUT2D eigenvalue weighted by Crippen LogP contribution is 2.29. The third-order valence-corrected chi connectivity index (χ3v) is 5.28. The second-order valence-corrected chi connectivity index (χ2v) is 7.36. The van der Waals surface area contributed by atoms with Crippen molar-refractivity contribution in [1.29, 1.82) is 0 Å². The summed E-state index contributed by atoms with van der Waals surface area (Å²) in [5.74, 6) is 2.02. The minimum atomic E-state index is 0.231. The van der Waals surface area contributed by atoms with Gasteiger partial charge in [0.2, 0.25) is 5.91 Å². The molecule has 2 aromatic rings. The number of piperazine rings is 1. The third kappa shape index (κ3) is 4.10. The van der Waals surface area contributed by atoms with E-state index < -0.39 is 0 Å². The van der Waals surface area contributed by atoms with E-state index in [2.05, 4.69) is 34.1 Å². The Morgan fingerprint density at radius 3 is 2.42 bits per heavy atom. The molecule has 1 saturated carbocycles. The highest BCUT2D eigenvalue weighted by atomic mass is 16.3. The number of carbonyl (C=O) groups is 1. The SMILES string of the molecule is Cc1ccc(CN(C(=O)CN2CCN(c3ccccc3)CC2)C2CC2)o1. The number of nitrogens with zero attached hydrogens (tertiary/aromatic N) is 3. The monoisotopic (exact) mass is 353 g/mol. The molecule has 0 atom stereocenters. The molecule has 0 bridgehead atoms. The molecular formula is C21H27N3O2. The van der Waals surface area contributed by atoms with E-state index in [0.29, 0.717) is 19.1 Å². The number of amides is 1. The average molecular weight is 353 g/mol. The highest BCUT2D eigenvalue weighted by molar-refractivity contribution is 5.79. The summed E-state index contributed by atoms with van der Waals surface area (Å²) in [6.45, 7) is 6.85. The fourth-order valence-corrected chi connectivity index (χ4v) is 3.63. The average Bonchev–Trinajstić information content (AvgIpc) is 3.42. The van der Waals surface area contributed by atoms with Gasteiger partial charge >= 0.3 is 0 Å². The van der Waals surface area contributed by atoms with E-state index in [4.69, 9.17) is 4.42 Å². The molecule has 1 aromatic carbocycles. The van der Waals surface area contributed by atoms with E-state index in [1.165, 1.54) is 5.69 Å². The van der Waals surface area contributed by atoms with Crippen LogP contribution in [0.15, 0.2) is 46.9 Å². The fraction of sp³-hybridized carbons (Fsp3) is 0.476. The van der Waals surface area contributed by atoms with E-state index in [1.807, 2.05) is 30.0 Å². The molecule has 4 rings (SSSR count). The van der Waals surface area contributed by atoms with E-state index in [9.17, 15) is 4.79 Å². The molecule has 1 amide bonds. The van der Waals surface area contributed by atoms with Crippen molar-refractivity contribution in [2.75, 3.05) is 37.6 Å². The van der Waals surface area contributed by atoms with Gasteiger partial charge in [0.25, 0.3) is 0 Å². The second kappa shape index (κ2) is 7.54. The van der Waals surface area contributed by atoms with Gasteiger partial charge in [0.1, 0.15) is 11.5 Å². The van der Waals surface area contributed by atoms with E-state index in [-0.39, 0.29) is 5.91 Å². The van der Waals surface area contributed by atoms with Crippen molar-refractivity contribution in [3.8, 4) is 0 Å². The number of hydrogen-bond acceptors (Lipinski definition) is 4. The van der Waals surface area contributed by atoms with Crippen LogP contribution in [0.1, 0.15) is 24.4 Å². The molecule has 2 heterocycles. The second-order valence-electron chi connectivity index (χ2n) is 7.36. The molecule has 0 radical (unpaired) electrons. The zero-order chi connectivity index (χ0) is 17.9. The maximum atomic E-state index is 12.9. The number of rotatable bonds is 6. The van der Waals surface area contributed by atoms with Crippen LogP contribution in [0.4, 0.5) is 5.69 Å². The molecular weight excluding hydrogens is 326 g/mol. The quantitative estimate of drug-likeness (QED) is 0.801. The normalized spacial score (nSPS) is 18.1. The lowest BCUT2D eigenvalue weighted by Crippen LogP contribution is -2.50. The lowest BCUT2D eigenvalue weighted by atomic mass is 10.2. The van der Waals surface area contributed by atoms with Crippen LogP contribution in [-0.2, 0) is 11.3 Å². The summed E-state index contributed by atoms with van der Waals surface area (Å²) in [6, 6.07) is 14.9. The molecule has 0 unspecified atom stereocenters. The van der Waals surface area contributed by atoms with Crippen LogP contribution in [-0.4, -0.2) is 54.5 Å². The van der Waals surface area contributed by atoms with Crippen LogP contribution in [0.5, 0.6) is 0 Å². The number of aryl methyl sites for hydroxylation is 1. The van der Waals surface area contributed by atoms with Crippen molar-refractivity contribution < 1.29 is 9.21 Å². The van der Waals surface area contributed by atoms with Crippen LogP contribution in [0.25, 0.3) is 0 Å². The summed E-state index contributed by atoms with van der Waals surface area (Å²) < 4.78 is 5.68. The van der Waals surface area contributed by atoms with Crippen molar-refractivity contribution in [3.05, 3.63) is 54.0 Å². The zero-order valence-corrected chi connectivity index (χ0v) is 15.4. The maximum Gasteiger partial charge on any atom is 0.237 e. The molecule has 2 aliphatic rings. The largest absolute Gasteiger partial charge is 0.464 e. The summed E-state index contributed by atoms with van der Waals surface area (Å²) in [6.07, 6.45) is 2.24. The van der Waals surface area contributed by atoms with Gasteiger partial charge in [-0.15, -0.1) is 0 Å². The molecule has 0 spiro atoms. The maximum absolute atomic E-state index is 12.9. The van der Waals surface area contributed by atoms with Gasteiger partial charge in [0.15, 0.2) is 0 Å². The minimum Gasteiger partial charge on any atom is -0.464 e. The summed E-state index contributed by atoms with van der Waals surface area (Å²) in [5, 5.41) is 0. The Labute approximate surface area is 155 Å². The summed E-state index contributed by atoms with van der Waals surface area (Å²) in [7, 11) is 0. The Balaban J connectivity index is 1.31. The Bertz CT molecular complexity index is 731. The molecule has 1 aliphatic carbocycles. The molecule has 5 nitrogen and oxygen atoms in total. The first kappa shape index (κ1) is 17.2. The van der Waals surface area contributed by atoms with Crippen molar-refractivity contribution >= 4 is 11.6 Å². The lowest BCUT2D eigenvalue weighted by Gasteiger charge is -2.36. The predicted molar refractivity (Wildman–Crippen MR) is 102 cm³/mol. The molecule has 26 heavy (non-hydrogen) atoms. The number of para-hydroxylation sites is 1. The van der Waals surface area contributed by atoms with E-state index in [0.717, 1.165) is 50.5 Å². The Morgan fingerprint density at radius 2 is 1.81 bits per heavy atom. The van der Waals surface area contributed by atoms with Gasteiger partial charge in [-0.3, -0.25) is 9.69 Å². The third-order valence-electron chi connectivity index (χ3n) is 5.28. The number of furan rings is 1. The molecule has 1 aliphatic heterocycles. The fourth-order valence-electron chi connectivity index (χ4n) is 3.63. The molecule has 0 N–H and O–H groups in total. The summed E-state index contributed by atoms with van der Waals surface area (Å²) in [4.78, 5) is 19.6. The van der Waals surface area contributed by atoms with Gasteiger partial charge < -0.3 is 14.2 Å². The first-order valence-electron chi connectivity index (χ1n) is 9.56. The van der Waals surface area contributed by atoms with Crippen LogP contribution in [0.2, 0.25) is 0 Å². The molecule has 1 aromatic heterocycles. The van der Waals surface area contributed by atoms with Crippen LogP contribution >= 0.6 is 0 Å².